The maximum absolute atomic E-state index is 13.1. The highest BCUT2D eigenvalue weighted by atomic mass is 35.5. The van der Waals surface area contributed by atoms with E-state index in [-0.39, 0.29) is 11.1 Å². The molecule has 0 bridgehead atoms. The van der Waals surface area contributed by atoms with Crippen LogP contribution in [0.1, 0.15) is 27.9 Å². The van der Waals surface area contributed by atoms with Gasteiger partial charge < -0.3 is 10.4 Å². The number of hydrogen-bond donors (Lipinski definition) is 2. The quantitative estimate of drug-likeness (QED) is 0.809. The third kappa shape index (κ3) is 3.01. The maximum atomic E-state index is 13.1. The molecule has 1 heterocycles. The molecule has 25 heavy (non-hydrogen) atoms. The highest BCUT2D eigenvalue weighted by Crippen LogP contribution is 2.45. The van der Waals surface area contributed by atoms with Crippen molar-refractivity contribution in [2.75, 3.05) is 5.32 Å². The first-order valence-corrected chi connectivity index (χ1v) is 7.54. The number of benzene rings is 2. The monoisotopic (exact) mass is 369 g/mol. The second kappa shape index (κ2) is 5.86. The average molecular weight is 370 g/mol. The van der Waals surface area contributed by atoms with Crippen molar-refractivity contribution < 1.29 is 27.9 Å². The van der Waals surface area contributed by atoms with Gasteiger partial charge in [-0.05, 0) is 30.3 Å². The summed E-state index contributed by atoms with van der Waals surface area (Å²) in [5.74, 6) is -1.67. The Labute approximate surface area is 145 Å². The molecule has 1 aliphatic heterocycles. The fraction of sp³-hybridized carbons (Fsp3) is 0.176. The van der Waals surface area contributed by atoms with Gasteiger partial charge in [-0.25, -0.2) is 0 Å². The number of hydrogen-bond acceptors (Lipinski definition) is 3. The van der Waals surface area contributed by atoms with E-state index >= 15 is 0 Å². The number of amides is 1. The summed E-state index contributed by atoms with van der Waals surface area (Å²) < 4.78 is 39.2. The minimum Gasteiger partial charge on any atom is -0.375 e. The third-order valence-corrected chi connectivity index (χ3v) is 4.26. The predicted molar refractivity (Wildman–Crippen MR) is 84.4 cm³/mol. The van der Waals surface area contributed by atoms with E-state index in [1.807, 2.05) is 5.32 Å². The molecule has 1 atom stereocenters. The van der Waals surface area contributed by atoms with E-state index in [0.29, 0.717) is 5.02 Å². The van der Waals surface area contributed by atoms with Gasteiger partial charge in [0.15, 0.2) is 11.4 Å². The number of para-hydroxylation sites is 1. The summed E-state index contributed by atoms with van der Waals surface area (Å²) >= 11 is 5.73. The predicted octanol–water partition coefficient (Wildman–Crippen LogP) is 3.77. The van der Waals surface area contributed by atoms with E-state index in [0.717, 1.165) is 12.1 Å². The first-order valence-electron chi connectivity index (χ1n) is 7.16. The molecule has 0 saturated carbocycles. The molecular formula is C17H11ClF3NO3. The molecule has 2 aromatic rings. The Hall–Kier alpha value is -2.38. The SMILES string of the molecule is O=C(C[C@@]1(O)C(=O)Nc2c(C(F)(F)F)cccc21)c1ccc(Cl)cc1. The summed E-state index contributed by atoms with van der Waals surface area (Å²) in [5, 5.41) is 13.1. The summed E-state index contributed by atoms with van der Waals surface area (Å²) in [6.07, 6.45) is -5.39. The number of fused-ring (bicyclic) bond motifs is 1. The molecule has 4 nitrogen and oxygen atoms in total. The molecule has 1 aliphatic rings. The number of halogens is 4. The van der Waals surface area contributed by atoms with Crippen LogP contribution in [-0.4, -0.2) is 16.8 Å². The highest BCUT2D eigenvalue weighted by Gasteiger charge is 2.50. The average Bonchev–Trinajstić information content (AvgIpc) is 2.78. The molecule has 2 aromatic carbocycles. The van der Waals surface area contributed by atoms with Crippen molar-refractivity contribution in [3.8, 4) is 0 Å². The van der Waals surface area contributed by atoms with Crippen molar-refractivity contribution in [3.63, 3.8) is 0 Å². The lowest BCUT2D eigenvalue weighted by molar-refractivity contribution is -0.137. The van der Waals surface area contributed by atoms with Gasteiger partial charge in [-0.15, -0.1) is 0 Å². The number of Topliss-reactive ketones (excluding diaryl/α,β-unsaturated/α-hetero) is 1. The van der Waals surface area contributed by atoms with Crippen molar-refractivity contribution >= 4 is 29.0 Å². The van der Waals surface area contributed by atoms with Crippen LogP contribution in [-0.2, 0) is 16.6 Å². The maximum Gasteiger partial charge on any atom is 0.418 e. The van der Waals surface area contributed by atoms with Crippen LogP contribution < -0.4 is 5.32 Å². The molecule has 0 unspecified atom stereocenters. The van der Waals surface area contributed by atoms with Crippen LogP contribution in [0, 0.1) is 0 Å². The number of nitrogens with one attached hydrogen (secondary N) is 1. The zero-order valence-electron chi connectivity index (χ0n) is 12.5. The molecule has 0 saturated heterocycles. The van der Waals surface area contributed by atoms with Crippen LogP contribution >= 0.6 is 11.6 Å². The minimum absolute atomic E-state index is 0.186. The van der Waals surface area contributed by atoms with Crippen molar-refractivity contribution in [2.24, 2.45) is 0 Å². The Morgan fingerprint density at radius 3 is 2.40 bits per heavy atom. The van der Waals surface area contributed by atoms with Crippen LogP contribution in [0.15, 0.2) is 42.5 Å². The second-order valence-corrected chi connectivity index (χ2v) is 6.08. The first-order chi connectivity index (χ1) is 11.6. The fourth-order valence-corrected chi connectivity index (χ4v) is 2.88. The van der Waals surface area contributed by atoms with Gasteiger partial charge in [-0.2, -0.15) is 13.2 Å². The Morgan fingerprint density at radius 2 is 1.80 bits per heavy atom. The molecule has 0 fully saturated rings. The van der Waals surface area contributed by atoms with E-state index < -0.39 is 41.1 Å². The van der Waals surface area contributed by atoms with Crippen LogP contribution in [0.5, 0.6) is 0 Å². The zero-order chi connectivity index (χ0) is 18.4. The molecule has 1 amide bonds. The fourth-order valence-electron chi connectivity index (χ4n) is 2.75. The molecule has 0 spiro atoms. The van der Waals surface area contributed by atoms with Crippen molar-refractivity contribution in [3.05, 3.63) is 64.2 Å². The van der Waals surface area contributed by atoms with E-state index in [9.17, 15) is 27.9 Å². The van der Waals surface area contributed by atoms with E-state index in [1.165, 1.54) is 30.3 Å². The van der Waals surface area contributed by atoms with Gasteiger partial charge in [0.2, 0.25) is 0 Å². The van der Waals surface area contributed by atoms with Crippen LogP contribution in [0.3, 0.4) is 0 Å². The number of rotatable bonds is 3. The van der Waals surface area contributed by atoms with E-state index in [1.54, 1.807) is 0 Å². The number of carbonyl (C=O) groups excluding carboxylic acids is 2. The Bertz CT molecular complexity index is 864. The second-order valence-electron chi connectivity index (χ2n) is 5.65. The van der Waals surface area contributed by atoms with Gasteiger partial charge in [0.05, 0.1) is 17.7 Å². The Kier molecular flexibility index (Phi) is 4.09. The normalized spacial score (nSPS) is 19.5. The van der Waals surface area contributed by atoms with E-state index in [2.05, 4.69) is 0 Å². The topological polar surface area (TPSA) is 66.4 Å². The number of carbonyl (C=O) groups is 2. The summed E-state index contributed by atoms with van der Waals surface area (Å²) in [6.45, 7) is 0. The van der Waals surface area contributed by atoms with Gasteiger partial charge in [0.25, 0.3) is 5.91 Å². The molecule has 8 heteroatoms. The van der Waals surface area contributed by atoms with Gasteiger partial charge in [-0.1, -0.05) is 23.7 Å². The standard InChI is InChI=1S/C17H11ClF3NO3/c18-10-6-4-9(5-7-10)13(23)8-16(25)11-2-1-3-12(17(19,20)21)14(11)22-15(16)24/h1-7,25H,8H2,(H,22,24)/t16-/m0/s1. The van der Waals surface area contributed by atoms with Crippen LogP contribution in [0.4, 0.5) is 18.9 Å². The smallest absolute Gasteiger partial charge is 0.375 e. The van der Waals surface area contributed by atoms with Crippen molar-refractivity contribution in [2.45, 2.75) is 18.2 Å². The minimum atomic E-state index is -4.70. The molecule has 0 aliphatic carbocycles. The van der Waals surface area contributed by atoms with Gasteiger partial charge in [0.1, 0.15) is 0 Å². The molecule has 130 valence electrons. The van der Waals surface area contributed by atoms with Crippen LogP contribution in [0.2, 0.25) is 5.02 Å². The van der Waals surface area contributed by atoms with Crippen LogP contribution in [0.25, 0.3) is 0 Å². The summed E-state index contributed by atoms with van der Waals surface area (Å²) in [6, 6.07) is 8.82. The highest BCUT2D eigenvalue weighted by molar-refractivity contribution is 6.30. The molecular weight excluding hydrogens is 359 g/mol. The molecule has 2 N–H and O–H groups in total. The van der Waals surface area contributed by atoms with Gasteiger partial charge >= 0.3 is 6.18 Å². The summed E-state index contributed by atoms with van der Waals surface area (Å²) in [7, 11) is 0. The number of anilines is 1. The lowest BCUT2D eigenvalue weighted by Gasteiger charge is -2.20. The Balaban J connectivity index is 1.99. The summed E-state index contributed by atoms with van der Waals surface area (Å²) in [5.41, 5.74) is -4.05. The van der Waals surface area contributed by atoms with Gasteiger partial charge in [-0.3, -0.25) is 9.59 Å². The van der Waals surface area contributed by atoms with Crippen molar-refractivity contribution in [1.82, 2.24) is 0 Å². The number of aliphatic hydroxyl groups is 1. The largest absolute Gasteiger partial charge is 0.418 e. The molecule has 0 aromatic heterocycles. The third-order valence-electron chi connectivity index (χ3n) is 4.01. The Morgan fingerprint density at radius 1 is 1.16 bits per heavy atom. The van der Waals surface area contributed by atoms with Gasteiger partial charge in [0, 0.05) is 16.1 Å². The number of alkyl halides is 3. The van der Waals surface area contributed by atoms with Crippen molar-refractivity contribution in [1.29, 1.82) is 0 Å². The lowest BCUT2D eigenvalue weighted by Crippen LogP contribution is -2.36. The molecule has 3 rings (SSSR count). The molecule has 0 radical (unpaired) electrons. The van der Waals surface area contributed by atoms with E-state index in [4.69, 9.17) is 11.6 Å². The summed E-state index contributed by atoms with van der Waals surface area (Å²) in [4.78, 5) is 24.5. The first kappa shape index (κ1) is 17.4. The zero-order valence-corrected chi connectivity index (χ0v) is 13.3. The number of ketones is 1. The lowest BCUT2D eigenvalue weighted by atomic mass is 9.87.